The molecule has 1 unspecified atom stereocenters. The smallest absolute Gasteiger partial charge is 0.306 e. The maximum atomic E-state index is 12.3. The molecule has 1 aromatic rings. The van der Waals surface area contributed by atoms with Gasteiger partial charge in [0.1, 0.15) is 11.9 Å². The van der Waals surface area contributed by atoms with E-state index < -0.39 is 21.9 Å². The molecule has 1 atom stereocenters. The van der Waals surface area contributed by atoms with Gasteiger partial charge in [0.25, 0.3) is 0 Å². The van der Waals surface area contributed by atoms with Crippen molar-refractivity contribution in [1.29, 1.82) is 0 Å². The van der Waals surface area contributed by atoms with Gasteiger partial charge >= 0.3 is 5.97 Å². The van der Waals surface area contributed by atoms with Crippen LogP contribution in [0.25, 0.3) is 0 Å². The van der Waals surface area contributed by atoms with E-state index in [0.29, 0.717) is 19.3 Å². The van der Waals surface area contributed by atoms with Gasteiger partial charge in [-0.25, -0.2) is 13.1 Å². The summed E-state index contributed by atoms with van der Waals surface area (Å²) in [5.74, 6) is -0.572. The van der Waals surface area contributed by atoms with Crippen LogP contribution >= 0.6 is 0 Å². The van der Waals surface area contributed by atoms with Crippen molar-refractivity contribution in [3.05, 3.63) is 23.8 Å². The second-order valence-corrected chi connectivity index (χ2v) is 7.44. The van der Waals surface area contributed by atoms with Crippen LogP contribution in [0.5, 0.6) is 5.75 Å². The zero-order valence-corrected chi connectivity index (χ0v) is 12.4. The van der Waals surface area contributed by atoms with Gasteiger partial charge in [0.15, 0.2) is 0 Å². The number of hydrogen-bond donors (Lipinski definition) is 2. The minimum atomic E-state index is -3.61. The van der Waals surface area contributed by atoms with Crippen molar-refractivity contribution in [3.63, 3.8) is 0 Å². The highest BCUT2D eigenvalue weighted by molar-refractivity contribution is 7.89. The van der Waals surface area contributed by atoms with Crippen LogP contribution in [0, 0.1) is 5.92 Å². The van der Waals surface area contributed by atoms with Gasteiger partial charge in [-0.05, 0) is 43.5 Å². The molecule has 114 valence electrons. The summed E-state index contributed by atoms with van der Waals surface area (Å²) in [5, 5.41) is 8.81. The Morgan fingerprint density at radius 2 is 2.10 bits per heavy atom. The molecule has 21 heavy (non-hydrogen) atoms. The Kier molecular flexibility index (Phi) is 3.41. The molecule has 3 rings (SSSR count). The van der Waals surface area contributed by atoms with E-state index in [1.165, 1.54) is 6.07 Å². The Bertz CT molecular complexity index is 679. The van der Waals surface area contributed by atoms with Gasteiger partial charge < -0.3 is 9.84 Å². The molecule has 1 aliphatic heterocycles. The quantitative estimate of drug-likeness (QED) is 0.870. The summed E-state index contributed by atoms with van der Waals surface area (Å²) in [6.07, 6.45) is 1.46. The number of aliphatic carboxylic acids is 1. The van der Waals surface area contributed by atoms with Crippen LogP contribution in [-0.2, 0) is 21.2 Å². The Hall–Kier alpha value is -1.60. The molecule has 0 radical (unpaired) electrons. The fraction of sp³-hybridized carbons (Fsp3) is 0.500. The molecular weight excluding hydrogens is 294 g/mol. The number of fused-ring (bicyclic) bond motifs is 1. The highest BCUT2D eigenvalue weighted by Crippen LogP contribution is 2.32. The van der Waals surface area contributed by atoms with Crippen LogP contribution in [0.1, 0.15) is 25.3 Å². The van der Waals surface area contributed by atoms with Crippen molar-refractivity contribution in [2.75, 3.05) is 0 Å². The van der Waals surface area contributed by atoms with Crippen LogP contribution < -0.4 is 9.46 Å². The third-order valence-electron chi connectivity index (χ3n) is 3.99. The van der Waals surface area contributed by atoms with E-state index in [9.17, 15) is 13.2 Å². The first-order valence-corrected chi connectivity index (χ1v) is 8.38. The molecule has 0 amide bonds. The molecule has 7 heteroatoms. The second-order valence-electron chi connectivity index (χ2n) is 5.73. The number of benzene rings is 1. The minimum absolute atomic E-state index is 0.0638. The summed E-state index contributed by atoms with van der Waals surface area (Å²) in [4.78, 5) is 10.9. The predicted octanol–water partition coefficient (Wildman–Crippen LogP) is 1.15. The predicted molar refractivity (Wildman–Crippen MR) is 74.7 cm³/mol. The highest BCUT2D eigenvalue weighted by Gasteiger charge is 2.37. The summed E-state index contributed by atoms with van der Waals surface area (Å²) >= 11 is 0. The number of rotatable bonds is 4. The maximum Gasteiger partial charge on any atom is 0.306 e. The van der Waals surface area contributed by atoms with E-state index in [1.54, 1.807) is 12.1 Å². The molecule has 0 spiro atoms. The fourth-order valence-electron chi connectivity index (χ4n) is 2.77. The molecule has 1 fully saturated rings. The standard InChI is InChI=1S/C14H17NO5S/c1-8-4-9-7-12(2-3-13(9)20-8)21(18,19)15-11-5-10(6-11)14(16)17/h2-3,7-8,10-11,15H,4-6H2,1H3,(H,16,17). The normalized spacial score (nSPS) is 27.6. The molecule has 2 N–H and O–H groups in total. The van der Waals surface area contributed by atoms with Gasteiger partial charge in [0.05, 0.1) is 10.8 Å². The summed E-state index contributed by atoms with van der Waals surface area (Å²) in [6, 6.07) is 4.54. The molecule has 1 aromatic carbocycles. The van der Waals surface area contributed by atoms with Gasteiger partial charge in [0.2, 0.25) is 10.0 Å². The lowest BCUT2D eigenvalue weighted by molar-refractivity contribution is -0.145. The molecule has 1 saturated carbocycles. The molecule has 1 aliphatic carbocycles. The first-order valence-electron chi connectivity index (χ1n) is 6.90. The molecule has 1 heterocycles. The Morgan fingerprint density at radius 3 is 2.76 bits per heavy atom. The van der Waals surface area contributed by atoms with Gasteiger partial charge in [-0.3, -0.25) is 4.79 Å². The van der Waals surface area contributed by atoms with E-state index in [1.807, 2.05) is 6.92 Å². The molecule has 0 bridgehead atoms. The summed E-state index contributed by atoms with van der Waals surface area (Å²) in [6.45, 7) is 1.94. The van der Waals surface area contributed by atoms with Crippen LogP contribution in [0.2, 0.25) is 0 Å². The maximum absolute atomic E-state index is 12.3. The third kappa shape index (κ3) is 2.75. The lowest BCUT2D eigenvalue weighted by atomic mass is 9.81. The summed E-state index contributed by atoms with van der Waals surface area (Å²) in [5.41, 5.74) is 0.891. The van der Waals surface area contributed by atoms with E-state index in [2.05, 4.69) is 4.72 Å². The van der Waals surface area contributed by atoms with Gasteiger partial charge in [-0.1, -0.05) is 0 Å². The van der Waals surface area contributed by atoms with E-state index in [0.717, 1.165) is 11.3 Å². The first-order chi connectivity index (χ1) is 9.85. The van der Waals surface area contributed by atoms with Gasteiger partial charge in [-0.2, -0.15) is 0 Å². The van der Waals surface area contributed by atoms with Crippen molar-refractivity contribution < 1.29 is 23.1 Å². The fourth-order valence-corrected chi connectivity index (χ4v) is 4.08. The van der Waals surface area contributed by atoms with Crippen molar-refractivity contribution >= 4 is 16.0 Å². The second kappa shape index (κ2) is 4.99. The van der Waals surface area contributed by atoms with Crippen LogP contribution in [0.4, 0.5) is 0 Å². The third-order valence-corrected chi connectivity index (χ3v) is 5.51. The van der Waals surface area contributed by atoms with Gasteiger partial charge in [0, 0.05) is 12.5 Å². The topological polar surface area (TPSA) is 92.7 Å². The zero-order chi connectivity index (χ0) is 15.2. The van der Waals surface area contributed by atoms with E-state index >= 15 is 0 Å². The zero-order valence-electron chi connectivity index (χ0n) is 11.6. The average molecular weight is 311 g/mol. The molecule has 0 aromatic heterocycles. The van der Waals surface area contributed by atoms with E-state index in [-0.39, 0.29) is 17.0 Å². The molecule has 0 saturated heterocycles. The van der Waals surface area contributed by atoms with Crippen LogP contribution in [0.3, 0.4) is 0 Å². The SMILES string of the molecule is CC1Cc2cc(S(=O)(=O)NC3CC(C(=O)O)C3)ccc2O1. The molecular formula is C14H17NO5S. The highest BCUT2D eigenvalue weighted by atomic mass is 32.2. The van der Waals surface area contributed by atoms with Crippen LogP contribution in [0.15, 0.2) is 23.1 Å². The number of carboxylic acid groups (broad SMARTS) is 1. The van der Waals surface area contributed by atoms with Crippen molar-refractivity contribution in [3.8, 4) is 5.75 Å². The first kappa shape index (κ1) is 14.3. The van der Waals surface area contributed by atoms with Crippen molar-refractivity contribution in [1.82, 2.24) is 4.72 Å². The lowest BCUT2D eigenvalue weighted by Gasteiger charge is -2.32. The van der Waals surface area contributed by atoms with Crippen molar-refractivity contribution in [2.24, 2.45) is 5.92 Å². The van der Waals surface area contributed by atoms with E-state index in [4.69, 9.17) is 9.84 Å². The Labute approximate surface area is 123 Å². The Balaban J connectivity index is 1.72. The lowest BCUT2D eigenvalue weighted by Crippen LogP contribution is -2.46. The number of ether oxygens (including phenoxy) is 1. The minimum Gasteiger partial charge on any atom is -0.490 e. The van der Waals surface area contributed by atoms with Crippen molar-refractivity contribution in [2.45, 2.75) is 43.2 Å². The average Bonchev–Trinajstić information content (AvgIpc) is 2.71. The Morgan fingerprint density at radius 1 is 1.38 bits per heavy atom. The molecule has 6 nitrogen and oxygen atoms in total. The van der Waals surface area contributed by atoms with Crippen LogP contribution in [-0.4, -0.2) is 31.6 Å². The number of carbonyl (C=O) groups is 1. The summed E-state index contributed by atoms with van der Waals surface area (Å²) in [7, 11) is -3.61. The number of carboxylic acids is 1. The van der Waals surface area contributed by atoms with Gasteiger partial charge in [-0.15, -0.1) is 0 Å². The summed E-state index contributed by atoms with van der Waals surface area (Å²) < 4.78 is 32.7. The number of nitrogens with one attached hydrogen (secondary N) is 1. The molecule has 2 aliphatic rings. The number of hydrogen-bond acceptors (Lipinski definition) is 4. The monoisotopic (exact) mass is 311 g/mol. The number of sulfonamides is 1. The largest absolute Gasteiger partial charge is 0.490 e.